The maximum atomic E-state index is 13.3. The van der Waals surface area contributed by atoms with Crippen molar-refractivity contribution >= 4 is 11.8 Å². The highest BCUT2D eigenvalue weighted by atomic mass is 19.1. The first-order valence-electron chi connectivity index (χ1n) is 9.12. The van der Waals surface area contributed by atoms with Gasteiger partial charge in [0.25, 0.3) is 5.91 Å². The van der Waals surface area contributed by atoms with Gasteiger partial charge in [-0.05, 0) is 56.2 Å². The van der Waals surface area contributed by atoms with E-state index in [4.69, 9.17) is 0 Å². The lowest BCUT2D eigenvalue weighted by Crippen LogP contribution is -2.48. The number of likely N-dealkylation sites (tertiary alicyclic amines) is 1. The molecule has 0 radical (unpaired) electrons. The number of fused-ring (bicyclic) bond motifs is 1. The van der Waals surface area contributed by atoms with E-state index in [-0.39, 0.29) is 17.2 Å². The number of carbonyl (C=O) groups excluding carboxylic acids is 2. The predicted molar refractivity (Wildman–Crippen MR) is 92.2 cm³/mol. The molecule has 1 saturated heterocycles. The minimum atomic E-state index is -0.411. The average Bonchev–Trinajstić information content (AvgIpc) is 3.33. The fraction of sp³-hybridized carbons (Fsp3) is 0.500. The SMILES string of the molecule is O=C(NCC12CCC=C1N(CC1CC1)C(=O)CC2)c1cccc(F)c1. The largest absolute Gasteiger partial charge is 0.351 e. The second-order valence-electron chi connectivity index (χ2n) is 7.55. The van der Waals surface area contributed by atoms with Gasteiger partial charge < -0.3 is 10.2 Å². The molecule has 1 heterocycles. The van der Waals surface area contributed by atoms with Crippen molar-refractivity contribution in [2.45, 2.75) is 38.5 Å². The zero-order chi connectivity index (χ0) is 17.4. The van der Waals surface area contributed by atoms with E-state index >= 15 is 0 Å². The summed E-state index contributed by atoms with van der Waals surface area (Å²) in [5.74, 6) is 0.187. The summed E-state index contributed by atoms with van der Waals surface area (Å²) in [6.07, 6.45) is 7.82. The van der Waals surface area contributed by atoms with Crippen molar-refractivity contribution in [3.8, 4) is 0 Å². The van der Waals surface area contributed by atoms with Crippen LogP contribution in [0.4, 0.5) is 4.39 Å². The molecule has 1 aromatic carbocycles. The second kappa shape index (κ2) is 6.28. The van der Waals surface area contributed by atoms with Crippen LogP contribution in [0.2, 0.25) is 0 Å². The topological polar surface area (TPSA) is 49.4 Å². The standard InChI is InChI=1S/C20H23FN2O2/c21-16-4-1-3-15(11-16)19(25)22-13-20-9-2-5-17(20)23(12-14-6-7-14)18(24)8-10-20/h1,3-5,11,14H,2,6-10,12-13H2,(H,22,25). The van der Waals surface area contributed by atoms with Crippen LogP contribution < -0.4 is 5.32 Å². The van der Waals surface area contributed by atoms with Gasteiger partial charge in [-0.1, -0.05) is 12.1 Å². The van der Waals surface area contributed by atoms with E-state index in [9.17, 15) is 14.0 Å². The van der Waals surface area contributed by atoms with Crippen molar-refractivity contribution in [1.82, 2.24) is 10.2 Å². The van der Waals surface area contributed by atoms with Crippen molar-refractivity contribution < 1.29 is 14.0 Å². The summed E-state index contributed by atoms with van der Waals surface area (Å²) in [7, 11) is 0. The Labute approximate surface area is 147 Å². The van der Waals surface area contributed by atoms with Gasteiger partial charge in [0.1, 0.15) is 5.82 Å². The van der Waals surface area contributed by atoms with Crippen LogP contribution in [0.5, 0.6) is 0 Å². The Balaban J connectivity index is 1.48. The second-order valence-corrected chi connectivity index (χ2v) is 7.55. The fourth-order valence-electron chi connectivity index (χ4n) is 4.10. The molecule has 0 aromatic heterocycles. The van der Waals surface area contributed by atoms with Gasteiger partial charge in [0, 0.05) is 36.2 Å². The number of hydrogen-bond acceptors (Lipinski definition) is 2. The predicted octanol–water partition coefficient (Wildman–Crippen LogP) is 3.25. The first-order valence-corrected chi connectivity index (χ1v) is 9.12. The lowest BCUT2D eigenvalue weighted by molar-refractivity contribution is -0.133. The Morgan fingerprint density at radius 3 is 2.92 bits per heavy atom. The van der Waals surface area contributed by atoms with Gasteiger partial charge in [0.05, 0.1) is 0 Å². The van der Waals surface area contributed by atoms with Gasteiger partial charge >= 0.3 is 0 Å². The van der Waals surface area contributed by atoms with E-state index in [1.54, 1.807) is 12.1 Å². The van der Waals surface area contributed by atoms with Crippen molar-refractivity contribution in [2.24, 2.45) is 11.3 Å². The third-order valence-corrected chi connectivity index (χ3v) is 5.73. The number of allylic oxidation sites excluding steroid dienone is 1. The monoisotopic (exact) mass is 342 g/mol. The number of rotatable bonds is 5. The fourth-order valence-corrected chi connectivity index (χ4v) is 4.10. The Hall–Kier alpha value is -2.17. The molecule has 2 fully saturated rings. The Morgan fingerprint density at radius 1 is 1.32 bits per heavy atom. The molecule has 1 atom stereocenters. The van der Waals surface area contributed by atoms with E-state index in [0.717, 1.165) is 31.5 Å². The number of nitrogens with zero attached hydrogens (tertiary/aromatic N) is 1. The molecular weight excluding hydrogens is 319 g/mol. The summed E-state index contributed by atoms with van der Waals surface area (Å²) < 4.78 is 13.3. The number of halogens is 1. The zero-order valence-electron chi connectivity index (χ0n) is 14.3. The number of amides is 2. The van der Waals surface area contributed by atoms with Crippen molar-refractivity contribution in [1.29, 1.82) is 0 Å². The highest BCUT2D eigenvalue weighted by Crippen LogP contribution is 2.48. The molecule has 2 amide bonds. The molecule has 0 bridgehead atoms. The summed E-state index contributed by atoms with van der Waals surface area (Å²) >= 11 is 0. The maximum Gasteiger partial charge on any atom is 0.251 e. The Morgan fingerprint density at radius 2 is 2.16 bits per heavy atom. The maximum absolute atomic E-state index is 13.3. The molecular formula is C20H23FN2O2. The lowest BCUT2D eigenvalue weighted by atomic mass is 9.76. The normalized spacial score (nSPS) is 25.6. The summed E-state index contributed by atoms with van der Waals surface area (Å²) in [6.45, 7) is 1.33. The summed E-state index contributed by atoms with van der Waals surface area (Å²) in [4.78, 5) is 26.8. The third-order valence-electron chi connectivity index (χ3n) is 5.73. The minimum absolute atomic E-state index is 0.147. The third kappa shape index (κ3) is 3.20. The van der Waals surface area contributed by atoms with E-state index in [1.807, 2.05) is 4.90 Å². The molecule has 2 aliphatic carbocycles. The van der Waals surface area contributed by atoms with Crippen LogP contribution in [0.25, 0.3) is 0 Å². The van der Waals surface area contributed by atoms with Crippen molar-refractivity contribution in [3.05, 3.63) is 47.4 Å². The first-order chi connectivity index (χ1) is 12.1. The molecule has 1 aliphatic heterocycles. The molecule has 3 aliphatic rings. The molecule has 1 N–H and O–H groups in total. The van der Waals surface area contributed by atoms with Crippen LogP contribution in [-0.2, 0) is 4.79 Å². The van der Waals surface area contributed by atoms with Gasteiger partial charge in [-0.15, -0.1) is 0 Å². The van der Waals surface area contributed by atoms with E-state index in [1.165, 1.54) is 25.0 Å². The summed E-state index contributed by atoms with van der Waals surface area (Å²) in [5, 5.41) is 2.98. The van der Waals surface area contributed by atoms with Crippen LogP contribution in [0, 0.1) is 17.2 Å². The molecule has 5 heteroatoms. The molecule has 25 heavy (non-hydrogen) atoms. The summed E-state index contributed by atoms with van der Waals surface area (Å²) in [6, 6.07) is 5.74. The number of hydrogen-bond donors (Lipinski definition) is 1. The number of benzene rings is 1. The molecule has 4 rings (SSSR count). The first kappa shape index (κ1) is 16.3. The van der Waals surface area contributed by atoms with Crippen molar-refractivity contribution in [2.75, 3.05) is 13.1 Å². The van der Waals surface area contributed by atoms with Crippen LogP contribution in [0.1, 0.15) is 48.9 Å². The Kier molecular flexibility index (Phi) is 4.10. The molecule has 1 aromatic rings. The molecule has 1 saturated carbocycles. The number of nitrogens with one attached hydrogen (secondary N) is 1. The molecule has 0 spiro atoms. The smallest absolute Gasteiger partial charge is 0.251 e. The lowest BCUT2D eigenvalue weighted by Gasteiger charge is -2.42. The summed E-state index contributed by atoms with van der Waals surface area (Å²) in [5.41, 5.74) is 1.29. The van der Waals surface area contributed by atoms with Gasteiger partial charge in [-0.25, -0.2) is 4.39 Å². The van der Waals surface area contributed by atoms with Crippen LogP contribution >= 0.6 is 0 Å². The van der Waals surface area contributed by atoms with Gasteiger partial charge in [0.15, 0.2) is 0 Å². The molecule has 4 nitrogen and oxygen atoms in total. The molecule has 132 valence electrons. The molecule has 1 unspecified atom stereocenters. The quantitative estimate of drug-likeness (QED) is 0.893. The number of piperidine rings is 1. The van der Waals surface area contributed by atoms with Gasteiger partial charge in [-0.2, -0.15) is 0 Å². The Bertz CT molecular complexity index is 741. The average molecular weight is 342 g/mol. The van der Waals surface area contributed by atoms with Crippen LogP contribution in [-0.4, -0.2) is 29.8 Å². The highest BCUT2D eigenvalue weighted by Gasteiger charge is 2.46. The highest BCUT2D eigenvalue weighted by molar-refractivity contribution is 5.94. The van der Waals surface area contributed by atoms with Crippen molar-refractivity contribution in [3.63, 3.8) is 0 Å². The zero-order valence-corrected chi connectivity index (χ0v) is 14.3. The van der Waals surface area contributed by atoms with Gasteiger partial charge in [0.2, 0.25) is 5.91 Å². The van der Waals surface area contributed by atoms with Crippen LogP contribution in [0.3, 0.4) is 0 Å². The van der Waals surface area contributed by atoms with E-state index in [2.05, 4.69) is 11.4 Å². The number of carbonyl (C=O) groups is 2. The van der Waals surface area contributed by atoms with Gasteiger partial charge in [-0.3, -0.25) is 9.59 Å². The minimum Gasteiger partial charge on any atom is -0.351 e. The van der Waals surface area contributed by atoms with Crippen LogP contribution in [0.15, 0.2) is 36.0 Å². The van der Waals surface area contributed by atoms with E-state index < -0.39 is 5.82 Å². The van der Waals surface area contributed by atoms with E-state index in [0.29, 0.717) is 24.4 Å².